The van der Waals surface area contributed by atoms with Crippen LogP contribution in [0.3, 0.4) is 0 Å². The van der Waals surface area contributed by atoms with Crippen LogP contribution in [0.1, 0.15) is 6.92 Å². The third-order valence-corrected chi connectivity index (χ3v) is 2.30. The Hall–Kier alpha value is -1.04. The van der Waals surface area contributed by atoms with Crippen LogP contribution in [0.5, 0.6) is 0 Å². The van der Waals surface area contributed by atoms with Crippen LogP contribution in [-0.4, -0.2) is 19.2 Å². The fourth-order valence-electron chi connectivity index (χ4n) is 0.479. The van der Waals surface area contributed by atoms with E-state index in [9.17, 15) is 8.42 Å². The first-order valence-corrected chi connectivity index (χ1v) is 4.69. The Kier molecular flexibility index (Phi) is 2.13. The van der Waals surface area contributed by atoms with Crippen molar-refractivity contribution >= 4 is 16.0 Å². The highest BCUT2D eigenvalue weighted by molar-refractivity contribution is 7.92. The number of hydrogen-bond donors (Lipinski definition) is 1. The number of nitrogens with one attached hydrogen (secondary N) is 1. The Balaban J connectivity index is 2.72. The number of aromatic nitrogens is 1. The summed E-state index contributed by atoms with van der Waals surface area (Å²) in [6, 6.07) is 0.00634. The number of sulfonamides is 1. The van der Waals surface area contributed by atoms with Gasteiger partial charge >= 0.3 is 6.01 Å². The smallest absolute Gasteiger partial charge is 0.308 e. The van der Waals surface area contributed by atoms with Crippen LogP contribution in [0.15, 0.2) is 16.9 Å². The molecule has 0 bridgehead atoms. The first kappa shape index (κ1) is 8.06. The minimum atomic E-state index is -3.25. The molecule has 0 aliphatic heterocycles. The van der Waals surface area contributed by atoms with Crippen LogP contribution in [0, 0.1) is 0 Å². The van der Waals surface area contributed by atoms with E-state index in [0.29, 0.717) is 0 Å². The molecule has 5 nitrogen and oxygen atoms in total. The fraction of sp³-hybridized carbons (Fsp3) is 0.400. The first-order chi connectivity index (χ1) is 5.14. The molecule has 62 valence electrons. The van der Waals surface area contributed by atoms with Crippen molar-refractivity contribution in [2.45, 2.75) is 6.92 Å². The number of anilines is 1. The molecule has 0 atom stereocenters. The van der Waals surface area contributed by atoms with Gasteiger partial charge in [-0.2, -0.15) is 0 Å². The normalized spacial score (nSPS) is 11.4. The number of hydrogen-bond acceptors (Lipinski definition) is 4. The van der Waals surface area contributed by atoms with Crippen molar-refractivity contribution in [1.82, 2.24) is 4.98 Å². The van der Waals surface area contributed by atoms with Crippen LogP contribution in [0.2, 0.25) is 0 Å². The quantitative estimate of drug-likeness (QED) is 0.725. The molecule has 1 N–H and O–H groups in total. The maximum atomic E-state index is 10.9. The maximum Gasteiger partial charge on any atom is 0.308 e. The lowest BCUT2D eigenvalue weighted by molar-refractivity contribution is 0.570. The van der Waals surface area contributed by atoms with Gasteiger partial charge in [0, 0.05) is 0 Å². The van der Waals surface area contributed by atoms with Crippen molar-refractivity contribution in [1.29, 1.82) is 0 Å². The minimum absolute atomic E-state index is 0.00634. The second kappa shape index (κ2) is 2.91. The molecular formula is C5H8N2O3S. The summed E-state index contributed by atoms with van der Waals surface area (Å²) in [4.78, 5) is 3.59. The summed E-state index contributed by atoms with van der Waals surface area (Å²) in [5, 5.41) is 0. The summed E-state index contributed by atoms with van der Waals surface area (Å²) in [5.41, 5.74) is 0. The molecular weight excluding hydrogens is 168 g/mol. The van der Waals surface area contributed by atoms with Gasteiger partial charge in [-0.25, -0.2) is 18.1 Å². The van der Waals surface area contributed by atoms with Crippen LogP contribution >= 0.6 is 0 Å². The second-order valence-electron chi connectivity index (χ2n) is 1.84. The Morgan fingerprint density at radius 2 is 2.45 bits per heavy atom. The molecule has 1 rings (SSSR count). The summed E-state index contributed by atoms with van der Waals surface area (Å²) >= 11 is 0. The SMILES string of the molecule is CCS(=O)(=O)Nc1ncco1. The predicted molar refractivity (Wildman–Crippen MR) is 39.6 cm³/mol. The van der Waals surface area contributed by atoms with E-state index in [-0.39, 0.29) is 11.8 Å². The molecule has 1 aromatic rings. The fourth-order valence-corrected chi connectivity index (χ4v) is 0.990. The topological polar surface area (TPSA) is 72.2 Å². The van der Waals surface area contributed by atoms with Crippen LogP contribution in [0.25, 0.3) is 0 Å². The van der Waals surface area contributed by atoms with E-state index in [4.69, 9.17) is 0 Å². The van der Waals surface area contributed by atoms with Gasteiger partial charge in [-0.3, -0.25) is 0 Å². The van der Waals surface area contributed by atoms with Gasteiger partial charge in [-0.15, -0.1) is 0 Å². The Morgan fingerprint density at radius 1 is 1.73 bits per heavy atom. The molecule has 0 spiro atoms. The van der Waals surface area contributed by atoms with Gasteiger partial charge in [-0.1, -0.05) is 0 Å². The minimum Gasteiger partial charge on any atom is -0.432 e. The van der Waals surface area contributed by atoms with Crippen molar-refractivity contribution < 1.29 is 12.8 Å². The predicted octanol–water partition coefficient (Wildman–Crippen LogP) is 0.436. The molecule has 0 unspecified atom stereocenters. The van der Waals surface area contributed by atoms with Crippen molar-refractivity contribution in [2.24, 2.45) is 0 Å². The van der Waals surface area contributed by atoms with E-state index in [1.165, 1.54) is 19.4 Å². The summed E-state index contributed by atoms with van der Waals surface area (Å²) in [6.07, 6.45) is 2.67. The molecule has 1 heterocycles. The van der Waals surface area contributed by atoms with Crippen molar-refractivity contribution in [3.8, 4) is 0 Å². The average Bonchev–Trinajstić information content (AvgIpc) is 2.39. The van der Waals surface area contributed by atoms with E-state index in [2.05, 4.69) is 14.1 Å². The van der Waals surface area contributed by atoms with Crippen molar-refractivity contribution in [3.63, 3.8) is 0 Å². The van der Waals surface area contributed by atoms with Crippen molar-refractivity contribution in [2.75, 3.05) is 10.5 Å². The van der Waals surface area contributed by atoms with Gasteiger partial charge in [0.2, 0.25) is 10.0 Å². The van der Waals surface area contributed by atoms with E-state index in [1.807, 2.05) is 0 Å². The highest BCUT2D eigenvalue weighted by Crippen LogP contribution is 2.03. The molecule has 1 aromatic heterocycles. The zero-order chi connectivity index (χ0) is 8.32. The largest absolute Gasteiger partial charge is 0.432 e. The molecule has 0 aromatic carbocycles. The zero-order valence-electron chi connectivity index (χ0n) is 5.94. The van der Waals surface area contributed by atoms with Crippen molar-refractivity contribution in [3.05, 3.63) is 12.5 Å². The molecule has 0 fully saturated rings. The van der Waals surface area contributed by atoms with Crippen LogP contribution in [0.4, 0.5) is 6.01 Å². The molecule has 0 aliphatic rings. The van der Waals surface area contributed by atoms with E-state index < -0.39 is 10.0 Å². The first-order valence-electron chi connectivity index (χ1n) is 3.04. The molecule has 0 saturated heterocycles. The van der Waals surface area contributed by atoms with E-state index in [0.717, 1.165) is 0 Å². The van der Waals surface area contributed by atoms with E-state index >= 15 is 0 Å². The summed E-state index contributed by atoms with van der Waals surface area (Å²) in [6.45, 7) is 1.53. The third kappa shape index (κ3) is 2.23. The van der Waals surface area contributed by atoms with Gasteiger partial charge in [0.25, 0.3) is 0 Å². The summed E-state index contributed by atoms with van der Waals surface area (Å²) in [5.74, 6) is 0.00931. The molecule has 6 heteroatoms. The molecule has 0 amide bonds. The highest BCUT2D eigenvalue weighted by atomic mass is 32.2. The van der Waals surface area contributed by atoms with Gasteiger partial charge in [-0.05, 0) is 6.92 Å². The van der Waals surface area contributed by atoms with Crippen LogP contribution in [-0.2, 0) is 10.0 Å². The molecule has 0 aliphatic carbocycles. The lowest BCUT2D eigenvalue weighted by Crippen LogP contribution is -2.14. The Morgan fingerprint density at radius 3 is 2.91 bits per heavy atom. The summed E-state index contributed by atoms with van der Waals surface area (Å²) in [7, 11) is -3.25. The molecule has 11 heavy (non-hydrogen) atoms. The summed E-state index contributed by atoms with van der Waals surface area (Å²) < 4.78 is 28.5. The molecule has 0 saturated carbocycles. The monoisotopic (exact) mass is 176 g/mol. The van der Waals surface area contributed by atoms with Gasteiger partial charge < -0.3 is 4.42 Å². The third-order valence-electron chi connectivity index (χ3n) is 1.06. The number of oxazole rings is 1. The zero-order valence-corrected chi connectivity index (χ0v) is 6.76. The second-order valence-corrected chi connectivity index (χ2v) is 3.85. The standard InChI is InChI=1S/C5H8N2O3S/c1-2-11(8,9)7-5-6-3-4-10-5/h3-4H,2H2,1H3,(H,6,7). The molecule has 0 radical (unpaired) electrons. The van der Waals surface area contributed by atoms with E-state index in [1.54, 1.807) is 0 Å². The number of rotatable bonds is 3. The average molecular weight is 176 g/mol. The maximum absolute atomic E-state index is 10.9. The van der Waals surface area contributed by atoms with Crippen LogP contribution < -0.4 is 4.72 Å². The Bertz CT molecular complexity index is 302. The Labute approximate surface area is 64.5 Å². The lowest BCUT2D eigenvalue weighted by atomic mass is 11.0. The van der Waals surface area contributed by atoms with Gasteiger partial charge in [0.15, 0.2) is 0 Å². The number of nitrogens with zero attached hydrogens (tertiary/aromatic N) is 1. The van der Waals surface area contributed by atoms with Gasteiger partial charge in [0.05, 0.1) is 11.9 Å². The van der Waals surface area contributed by atoms with Gasteiger partial charge in [0.1, 0.15) is 6.26 Å². The highest BCUT2D eigenvalue weighted by Gasteiger charge is 2.08. The lowest BCUT2D eigenvalue weighted by Gasteiger charge is -1.98.